The molecule has 0 saturated heterocycles. The summed E-state index contributed by atoms with van der Waals surface area (Å²) in [5.74, 6) is 0.145. The Morgan fingerprint density at radius 3 is 2.59 bits per heavy atom. The average Bonchev–Trinajstić information content (AvgIpc) is 2.35. The first-order chi connectivity index (χ1) is 10.1. The molecule has 1 atom stereocenters. The van der Waals surface area contributed by atoms with Crippen LogP contribution in [0.2, 0.25) is 0 Å². The van der Waals surface area contributed by atoms with E-state index < -0.39 is 23.8 Å². The Kier molecular flexibility index (Phi) is 6.52. The summed E-state index contributed by atoms with van der Waals surface area (Å²) in [6.45, 7) is 5.42. The molecule has 0 aliphatic carbocycles. The number of hydrogen-bond acceptors (Lipinski definition) is 4. The van der Waals surface area contributed by atoms with Gasteiger partial charge in [-0.2, -0.15) is 0 Å². The number of nitrogens with zero attached hydrogens (tertiary/aromatic N) is 1. The maximum absolute atomic E-state index is 13.0. The molecule has 0 radical (unpaired) electrons. The van der Waals surface area contributed by atoms with Crippen molar-refractivity contribution in [3.8, 4) is 5.75 Å². The van der Waals surface area contributed by atoms with Gasteiger partial charge in [0.15, 0.2) is 0 Å². The van der Waals surface area contributed by atoms with E-state index in [4.69, 9.17) is 15.2 Å². The monoisotopic (exact) mass is 380 g/mol. The SMILES string of the molecule is CC(C)C[C@@](C)(COc1ccc(Br)nc1C(F)F)OC(N)=O. The van der Waals surface area contributed by atoms with Crippen LogP contribution in [0.4, 0.5) is 13.6 Å². The second kappa shape index (κ2) is 7.71. The summed E-state index contributed by atoms with van der Waals surface area (Å²) in [6, 6.07) is 2.88. The third kappa shape index (κ3) is 5.75. The minimum atomic E-state index is -2.78. The van der Waals surface area contributed by atoms with Gasteiger partial charge in [0.25, 0.3) is 6.43 Å². The van der Waals surface area contributed by atoms with Crippen LogP contribution >= 0.6 is 15.9 Å². The van der Waals surface area contributed by atoms with Crippen molar-refractivity contribution in [3.05, 3.63) is 22.4 Å². The molecule has 0 fully saturated rings. The molecule has 0 aliphatic heterocycles. The summed E-state index contributed by atoms with van der Waals surface area (Å²) in [7, 11) is 0. The molecule has 0 aliphatic rings. The Balaban J connectivity index is 2.91. The number of alkyl halides is 2. The number of hydrogen-bond donors (Lipinski definition) is 1. The van der Waals surface area contributed by atoms with Crippen LogP contribution in [0.1, 0.15) is 39.3 Å². The van der Waals surface area contributed by atoms with E-state index in [1.165, 1.54) is 12.1 Å². The van der Waals surface area contributed by atoms with E-state index in [9.17, 15) is 13.6 Å². The number of carbonyl (C=O) groups is 1. The third-order valence-electron chi connectivity index (χ3n) is 2.78. The van der Waals surface area contributed by atoms with Crippen molar-refractivity contribution in [2.45, 2.75) is 39.2 Å². The van der Waals surface area contributed by atoms with Crippen LogP contribution in [0.5, 0.6) is 5.75 Å². The number of nitrogens with two attached hydrogens (primary N) is 1. The number of amides is 1. The fourth-order valence-electron chi connectivity index (χ4n) is 2.18. The van der Waals surface area contributed by atoms with Crippen LogP contribution in [0.25, 0.3) is 0 Å². The van der Waals surface area contributed by atoms with Gasteiger partial charge in [0.2, 0.25) is 0 Å². The summed E-state index contributed by atoms with van der Waals surface area (Å²) >= 11 is 3.03. The number of pyridine rings is 1. The summed E-state index contributed by atoms with van der Waals surface area (Å²) in [6.07, 6.45) is -3.24. The molecule has 2 N–H and O–H groups in total. The Morgan fingerprint density at radius 2 is 2.09 bits per heavy atom. The first-order valence-corrected chi connectivity index (χ1v) is 7.48. The Morgan fingerprint density at radius 1 is 1.45 bits per heavy atom. The van der Waals surface area contributed by atoms with Gasteiger partial charge in [0, 0.05) is 0 Å². The number of primary amides is 1. The molecule has 0 bridgehead atoms. The number of halogens is 3. The highest BCUT2D eigenvalue weighted by molar-refractivity contribution is 9.10. The highest BCUT2D eigenvalue weighted by Crippen LogP contribution is 2.30. The summed E-state index contributed by atoms with van der Waals surface area (Å²) < 4.78 is 36.8. The minimum Gasteiger partial charge on any atom is -0.487 e. The second-order valence-electron chi connectivity index (χ2n) is 5.58. The largest absolute Gasteiger partial charge is 0.487 e. The van der Waals surface area contributed by atoms with E-state index in [-0.39, 0.29) is 22.9 Å². The molecule has 22 heavy (non-hydrogen) atoms. The van der Waals surface area contributed by atoms with Crippen molar-refractivity contribution in [3.63, 3.8) is 0 Å². The molecule has 0 aromatic carbocycles. The minimum absolute atomic E-state index is 0.0544. The van der Waals surface area contributed by atoms with Crippen LogP contribution in [0.3, 0.4) is 0 Å². The zero-order chi connectivity index (χ0) is 16.9. The molecule has 5 nitrogen and oxygen atoms in total. The van der Waals surface area contributed by atoms with Gasteiger partial charge < -0.3 is 15.2 Å². The number of carbonyl (C=O) groups excluding carboxylic acids is 1. The van der Waals surface area contributed by atoms with Gasteiger partial charge in [-0.15, -0.1) is 0 Å². The van der Waals surface area contributed by atoms with Crippen molar-refractivity contribution < 1.29 is 23.0 Å². The summed E-state index contributed by atoms with van der Waals surface area (Å²) in [4.78, 5) is 14.7. The van der Waals surface area contributed by atoms with E-state index in [0.717, 1.165) is 0 Å². The van der Waals surface area contributed by atoms with Gasteiger partial charge in [0.05, 0.1) is 0 Å². The molecule has 0 saturated carbocycles. The molecule has 8 heteroatoms. The fourth-order valence-corrected chi connectivity index (χ4v) is 2.51. The first kappa shape index (κ1) is 18.6. The molecule has 0 unspecified atom stereocenters. The van der Waals surface area contributed by atoms with E-state index >= 15 is 0 Å². The van der Waals surface area contributed by atoms with E-state index in [2.05, 4.69) is 20.9 Å². The smallest absolute Gasteiger partial charge is 0.405 e. The predicted molar refractivity (Wildman–Crippen MR) is 80.9 cm³/mol. The molecule has 0 spiro atoms. The lowest BCUT2D eigenvalue weighted by molar-refractivity contribution is -0.0197. The van der Waals surface area contributed by atoms with Crippen LogP contribution in [-0.4, -0.2) is 23.3 Å². The highest BCUT2D eigenvalue weighted by atomic mass is 79.9. The van der Waals surface area contributed by atoms with Gasteiger partial charge in [0.1, 0.15) is 28.3 Å². The molecule has 1 aromatic heterocycles. The number of rotatable bonds is 7. The summed E-state index contributed by atoms with van der Waals surface area (Å²) in [5.41, 5.74) is 3.59. The van der Waals surface area contributed by atoms with Gasteiger partial charge >= 0.3 is 6.09 Å². The second-order valence-corrected chi connectivity index (χ2v) is 6.39. The topological polar surface area (TPSA) is 74.4 Å². The lowest BCUT2D eigenvalue weighted by Gasteiger charge is -2.30. The number of ether oxygens (including phenoxy) is 2. The van der Waals surface area contributed by atoms with Crippen LogP contribution in [0.15, 0.2) is 16.7 Å². The van der Waals surface area contributed by atoms with Crippen molar-refractivity contribution in [2.24, 2.45) is 11.7 Å². The molecule has 1 amide bonds. The van der Waals surface area contributed by atoms with Crippen molar-refractivity contribution >= 4 is 22.0 Å². The lowest BCUT2D eigenvalue weighted by Crippen LogP contribution is -2.41. The molecular formula is C14H19BrF2N2O3. The molecule has 1 heterocycles. The van der Waals surface area contributed by atoms with Gasteiger partial charge in [-0.25, -0.2) is 18.6 Å². The average molecular weight is 381 g/mol. The van der Waals surface area contributed by atoms with E-state index in [1.54, 1.807) is 6.92 Å². The zero-order valence-electron chi connectivity index (χ0n) is 12.6. The third-order valence-corrected chi connectivity index (χ3v) is 3.22. The molecule has 1 aromatic rings. The van der Waals surface area contributed by atoms with E-state index in [1.807, 2.05) is 13.8 Å². The van der Waals surface area contributed by atoms with Crippen molar-refractivity contribution in [1.82, 2.24) is 4.98 Å². The molecule has 124 valence electrons. The highest BCUT2D eigenvalue weighted by Gasteiger charge is 2.31. The quantitative estimate of drug-likeness (QED) is 0.723. The van der Waals surface area contributed by atoms with E-state index in [0.29, 0.717) is 6.42 Å². The Hall–Kier alpha value is -1.44. The van der Waals surface area contributed by atoms with Crippen LogP contribution in [-0.2, 0) is 4.74 Å². The zero-order valence-corrected chi connectivity index (χ0v) is 14.2. The molecular weight excluding hydrogens is 362 g/mol. The Bertz CT molecular complexity index is 529. The number of aromatic nitrogens is 1. The predicted octanol–water partition coefficient (Wildman–Crippen LogP) is 4.06. The lowest BCUT2D eigenvalue weighted by atomic mass is 9.95. The maximum atomic E-state index is 13.0. The fraction of sp³-hybridized carbons (Fsp3) is 0.571. The maximum Gasteiger partial charge on any atom is 0.405 e. The van der Waals surface area contributed by atoms with Crippen molar-refractivity contribution in [1.29, 1.82) is 0 Å². The van der Waals surface area contributed by atoms with Gasteiger partial charge in [-0.05, 0) is 47.3 Å². The van der Waals surface area contributed by atoms with Crippen LogP contribution in [0, 0.1) is 5.92 Å². The molecule has 1 rings (SSSR count). The van der Waals surface area contributed by atoms with Gasteiger partial charge in [-0.1, -0.05) is 13.8 Å². The van der Waals surface area contributed by atoms with Crippen LogP contribution < -0.4 is 10.5 Å². The van der Waals surface area contributed by atoms with Crippen molar-refractivity contribution in [2.75, 3.05) is 6.61 Å². The summed E-state index contributed by atoms with van der Waals surface area (Å²) in [5, 5.41) is 0. The van der Waals surface area contributed by atoms with Gasteiger partial charge in [-0.3, -0.25) is 0 Å². The Labute approximate surface area is 136 Å². The first-order valence-electron chi connectivity index (χ1n) is 6.69. The normalized spacial score (nSPS) is 14.0. The standard InChI is InChI=1S/C14H19BrF2N2O3/c1-8(2)6-14(3,22-13(18)20)7-21-9-4-5-10(15)19-11(9)12(16)17/h4-5,8,12H,6-7H2,1-3H3,(H2,18,20)/t14-/m0/s1.